The predicted octanol–water partition coefficient (Wildman–Crippen LogP) is 7.16. The van der Waals surface area contributed by atoms with Gasteiger partial charge in [0.2, 0.25) is 5.90 Å². The number of hydrogen-bond acceptors (Lipinski definition) is 6. The standard InChI is InChI=1S/C35H32BrF2N5O4/c36-31-9-4-3-8-30(31)32-35(21-25-6-1-2-7-26(25)22-41-43-39,34(45)40-15-14-23-18-27(37)20-28(38)19-23)42-33(47-32)24-10-12-29(13-11-24)46-17-5-16-44/h1-4,6-13,18-20,32,44H,5,14-17,21-22H2,(H,40,45)/t32-,35-/m1/s1. The Balaban J connectivity index is 1.57. The van der Waals surface area contributed by atoms with E-state index in [9.17, 15) is 13.6 Å². The fraction of sp³-hybridized carbons (Fsp3) is 0.257. The van der Waals surface area contributed by atoms with Crippen LogP contribution in [0.25, 0.3) is 10.4 Å². The van der Waals surface area contributed by atoms with Crippen LogP contribution in [0, 0.1) is 11.6 Å². The molecule has 0 aromatic heterocycles. The molecule has 1 heterocycles. The number of halogens is 3. The van der Waals surface area contributed by atoms with Gasteiger partial charge in [0.1, 0.15) is 17.4 Å². The van der Waals surface area contributed by atoms with E-state index in [0.29, 0.717) is 39.9 Å². The van der Waals surface area contributed by atoms with Gasteiger partial charge in [-0.2, -0.15) is 0 Å². The molecule has 242 valence electrons. The summed E-state index contributed by atoms with van der Waals surface area (Å²) in [6.07, 6.45) is -0.132. The Morgan fingerprint density at radius 2 is 1.74 bits per heavy atom. The molecule has 0 unspecified atom stereocenters. The number of hydrogen-bond donors (Lipinski definition) is 2. The van der Waals surface area contributed by atoms with Crippen LogP contribution in [0.1, 0.15) is 40.3 Å². The maximum atomic E-state index is 14.5. The van der Waals surface area contributed by atoms with E-state index in [1.54, 1.807) is 24.3 Å². The third kappa shape index (κ3) is 8.15. The van der Waals surface area contributed by atoms with E-state index in [0.717, 1.165) is 17.2 Å². The zero-order valence-corrected chi connectivity index (χ0v) is 26.9. The summed E-state index contributed by atoms with van der Waals surface area (Å²) in [7, 11) is 0. The van der Waals surface area contributed by atoms with Gasteiger partial charge in [-0.25, -0.2) is 13.8 Å². The van der Waals surface area contributed by atoms with Gasteiger partial charge < -0.3 is 19.9 Å². The second kappa shape index (κ2) is 15.7. The minimum Gasteiger partial charge on any atom is -0.494 e. The summed E-state index contributed by atoms with van der Waals surface area (Å²) in [5.41, 5.74) is 10.6. The first kappa shape index (κ1) is 33.6. The lowest BCUT2D eigenvalue weighted by Crippen LogP contribution is -2.50. The Morgan fingerprint density at radius 3 is 2.45 bits per heavy atom. The summed E-state index contributed by atoms with van der Waals surface area (Å²) in [6.45, 7) is 0.536. The lowest BCUT2D eigenvalue weighted by atomic mass is 9.81. The number of aliphatic hydroxyl groups excluding tert-OH is 1. The van der Waals surface area contributed by atoms with Crippen LogP contribution in [-0.4, -0.2) is 42.2 Å². The van der Waals surface area contributed by atoms with E-state index >= 15 is 0 Å². The number of azide groups is 1. The number of ether oxygens (including phenoxy) is 2. The average molecular weight is 705 g/mol. The van der Waals surface area contributed by atoms with Crippen LogP contribution in [0.15, 0.2) is 106 Å². The molecule has 9 nitrogen and oxygen atoms in total. The number of nitrogens with zero attached hydrogens (tertiary/aromatic N) is 4. The SMILES string of the molecule is [N-]=[N+]=NCc1ccccc1C[C@@]1(C(=O)NCCc2cc(F)cc(F)c2)N=C(c2ccc(OCCCO)cc2)O[C@@H]1c1ccccc1Br. The van der Waals surface area contributed by atoms with Crippen LogP contribution in [-0.2, 0) is 28.9 Å². The molecule has 0 fully saturated rings. The lowest BCUT2D eigenvalue weighted by Gasteiger charge is -2.32. The molecule has 1 aliphatic rings. The summed E-state index contributed by atoms with van der Waals surface area (Å²) >= 11 is 3.63. The van der Waals surface area contributed by atoms with Crippen molar-refractivity contribution in [3.05, 3.63) is 145 Å². The summed E-state index contributed by atoms with van der Waals surface area (Å²) in [4.78, 5) is 22.4. The zero-order chi connectivity index (χ0) is 33.2. The van der Waals surface area contributed by atoms with Crippen LogP contribution in [0.5, 0.6) is 5.75 Å². The molecular weight excluding hydrogens is 672 g/mol. The molecule has 4 aromatic carbocycles. The van der Waals surface area contributed by atoms with Crippen LogP contribution >= 0.6 is 15.9 Å². The molecule has 0 spiro atoms. The van der Waals surface area contributed by atoms with Gasteiger partial charge in [-0.1, -0.05) is 63.5 Å². The molecule has 0 saturated heterocycles. The first-order valence-corrected chi connectivity index (χ1v) is 15.8. The van der Waals surface area contributed by atoms with Crippen molar-refractivity contribution in [2.45, 2.75) is 37.5 Å². The van der Waals surface area contributed by atoms with Crippen molar-refractivity contribution in [1.82, 2.24) is 5.32 Å². The van der Waals surface area contributed by atoms with Crippen molar-refractivity contribution in [2.24, 2.45) is 10.1 Å². The highest BCUT2D eigenvalue weighted by atomic mass is 79.9. The van der Waals surface area contributed by atoms with E-state index < -0.39 is 29.2 Å². The van der Waals surface area contributed by atoms with Crippen LogP contribution < -0.4 is 10.1 Å². The fourth-order valence-corrected chi connectivity index (χ4v) is 5.95. The molecule has 0 radical (unpaired) electrons. The fourth-order valence-electron chi connectivity index (χ4n) is 5.46. The summed E-state index contributed by atoms with van der Waals surface area (Å²) in [6, 6.07) is 25.1. The molecular formula is C35H32BrF2N5O4. The third-order valence-corrected chi connectivity index (χ3v) is 8.44. The zero-order valence-electron chi connectivity index (χ0n) is 25.3. The lowest BCUT2D eigenvalue weighted by molar-refractivity contribution is -0.128. The van der Waals surface area contributed by atoms with E-state index in [1.807, 2.05) is 48.5 Å². The van der Waals surface area contributed by atoms with Gasteiger partial charge in [-0.05, 0) is 71.1 Å². The van der Waals surface area contributed by atoms with Crippen molar-refractivity contribution in [3.63, 3.8) is 0 Å². The molecule has 0 bridgehead atoms. The third-order valence-electron chi connectivity index (χ3n) is 7.72. The van der Waals surface area contributed by atoms with Crippen molar-refractivity contribution in [2.75, 3.05) is 19.8 Å². The van der Waals surface area contributed by atoms with Gasteiger partial charge in [0.05, 0.1) is 13.2 Å². The number of amides is 1. The highest BCUT2D eigenvalue weighted by Crippen LogP contribution is 2.45. The largest absolute Gasteiger partial charge is 0.494 e. The molecule has 1 amide bonds. The van der Waals surface area contributed by atoms with E-state index in [1.165, 1.54) is 12.1 Å². The molecule has 5 rings (SSSR count). The number of nitrogens with one attached hydrogen (secondary N) is 1. The Morgan fingerprint density at radius 1 is 1.04 bits per heavy atom. The molecule has 2 atom stereocenters. The molecule has 12 heteroatoms. The maximum Gasteiger partial charge on any atom is 0.252 e. The minimum absolute atomic E-state index is 0.0222. The first-order valence-electron chi connectivity index (χ1n) is 15.0. The van der Waals surface area contributed by atoms with E-state index in [2.05, 4.69) is 31.3 Å². The van der Waals surface area contributed by atoms with Gasteiger partial charge in [0, 0.05) is 52.6 Å². The van der Waals surface area contributed by atoms with Gasteiger partial charge in [0.25, 0.3) is 5.91 Å². The second-order valence-corrected chi connectivity index (χ2v) is 11.8. The number of carbonyl (C=O) groups excluding carboxylic acids is 1. The minimum atomic E-state index is -1.55. The predicted molar refractivity (Wildman–Crippen MR) is 177 cm³/mol. The van der Waals surface area contributed by atoms with Crippen LogP contribution in [0.4, 0.5) is 8.78 Å². The molecule has 47 heavy (non-hydrogen) atoms. The van der Waals surface area contributed by atoms with Crippen molar-refractivity contribution in [3.8, 4) is 5.75 Å². The summed E-state index contributed by atoms with van der Waals surface area (Å²) in [5.74, 6) is -1.00. The highest BCUT2D eigenvalue weighted by molar-refractivity contribution is 9.10. The van der Waals surface area contributed by atoms with Gasteiger partial charge in [0.15, 0.2) is 11.6 Å². The topological polar surface area (TPSA) is 129 Å². The normalized spacial score (nSPS) is 16.9. The van der Waals surface area contributed by atoms with E-state index in [-0.39, 0.29) is 38.4 Å². The molecule has 4 aromatic rings. The van der Waals surface area contributed by atoms with Gasteiger partial charge in [-0.3, -0.25) is 4.79 Å². The number of benzene rings is 4. The molecule has 0 aliphatic carbocycles. The van der Waals surface area contributed by atoms with Crippen molar-refractivity contribution < 1.29 is 28.2 Å². The molecule has 1 aliphatic heterocycles. The van der Waals surface area contributed by atoms with Gasteiger partial charge in [-0.15, -0.1) is 0 Å². The number of aliphatic hydroxyl groups is 1. The summed E-state index contributed by atoms with van der Waals surface area (Å²) in [5, 5.41) is 15.8. The number of aliphatic imine (C=N–C) groups is 1. The Hall–Kier alpha value is -4.77. The Kier molecular flexibility index (Phi) is 11.2. The molecule has 2 N–H and O–H groups in total. The van der Waals surface area contributed by atoms with Crippen LogP contribution in [0.2, 0.25) is 0 Å². The monoisotopic (exact) mass is 703 g/mol. The van der Waals surface area contributed by atoms with Crippen molar-refractivity contribution in [1.29, 1.82) is 0 Å². The Labute approximate surface area is 279 Å². The van der Waals surface area contributed by atoms with E-state index in [4.69, 9.17) is 25.1 Å². The summed E-state index contributed by atoms with van der Waals surface area (Å²) < 4.78 is 40.7. The second-order valence-electron chi connectivity index (χ2n) is 10.9. The highest BCUT2D eigenvalue weighted by Gasteiger charge is 2.54. The quantitative estimate of drug-likeness (QED) is 0.0625. The van der Waals surface area contributed by atoms with Gasteiger partial charge >= 0.3 is 0 Å². The number of rotatable bonds is 14. The van der Waals surface area contributed by atoms with Crippen molar-refractivity contribution >= 4 is 27.7 Å². The average Bonchev–Trinajstić information content (AvgIpc) is 3.44. The maximum absolute atomic E-state index is 14.5. The molecule has 0 saturated carbocycles. The van der Waals surface area contributed by atoms with Crippen LogP contribution in [0.3, 0.4) is 0 Å². The number of carbonyl (C=O) groups is 1. The first-order chi connectivity index (χ1) is 22.8. The smallest absolute Gasteiger partial charge is 0.252 e. The Bertz CT molecular complexity index is 1780.